The molecule has 0 fully saturated rings. The van der Waals surface area contributed by atoms with Gasteiger partial charge in [-0.15, -0.1) is 0 Å². The first kappa shape index (κ1) is 20.9. The summed E-state index contributed by atoms with van der Waals surface area (Å²) in [5.41, 5.74) is 3.05. The minimum absolute atomic E-state index is 0.261. The molecule has 8 heteroatoms. The van der Waals surface area contributed by atoms with Gasteiger partial charge in [0.25, 0.3) is 5.91 Å². The molecule has 8 nitrogen and oxygen atoms in total. The number of pyridine rings is 1. The van der Waals surface area contributed by atoms with Crippen molar-refractivity contribution in [2.24, 2.45) is 0 Å². The lowest BCUT2D eigenvalue weighted by atomic mass is 10.0. The van der Waals surface area contributed by atoms with E-state index in [1.165, 1.54) is 0 Å². The average Bonchev–Trinajstić information content (AvgIpc) is 3.49. The number of imidazole rings is 1. The fourth-order valence-electron chi connectivity index (χ4n) is 3.88. The number of anilines is 1. The molecule has 4 aromatic rings. The van der Waals surface area contributed by atoms with Gasteiger partial charge in [-0.2, -0.15) is 5.10 Å². The van der Waals surface area contributed by atoms with Crippen molar-refractivity contribution < 1.29 is 9.53 Å². The first-order valence-corrected chi connectivity index (χ1v) is 11.2. The van der Waals surface area contributed by atoms with Crippen LogP contribution < -0.4 is 10.1 Å². The predicted molar refractivity (Wildman–Crippen MR) is 126 cm³/mol. The number of hydrogen-bond donors (Lipinski definition) is 1. The molecule has 3 aromatic heterocycles. The monoisotopic (exact) mass is 442 g/mol. The molecule has 1 aromatic carbocycles. The summed E-state index contributed by atoms with van der Waals surface area (Å²) in [6.45, 7) is 5.50. The smallest absolute Gasteiger partial charge is 0.260 e. The summed E-state index contributed by atoms with van der Waals surface area (Å²) in [6, 6.07) is 11.5. The second-order valence-corrected chi connectivity index (χ2v) is 8.38. The minimum Gasteiger partial charge on any atom is -0.493 e. The van der Waals surface area contributed by atoms with Crippen LogP contribution in [-0.2, 0) is 6.54 Å². The third-order valence-corrected chi connectivity index (χ3v) is 5.67. The largest absolute Gasteiger partial charge is 0.493 e. The Labute approximate surface area is 192 Å². The normalized spacial score (nSPS) is 14.1. The molecule has 168 valence electrons. The van der Waals surface area contributed by atoms with Gasteiger partial charge in [0.15, 0.2) is 5.82 Å². The van der Waals surface area contributed by atoms with Crippen molar-refractivity contribution in [3.05, 3.63) is 66.7 Å². The van der Waals surface area contributed by atoms with Crippen LogP contribution in [0.3, 0.4) is 0 Å². The van der Waals surface area contributed by atoms with Gasteiger partial charge in [0.05, 0.1) is 18.4 Å². The van der Waals surface area contributed by atoms with Crippen LogP contribution in [0.25, 0.3) is 22.6 Å². The van der Waals surface area contributed by atoms with Gasteiger partial charge in [0.1, 0.15) is 17.3 Å². The summed E-state index contributed by atoms with van der Waals surface area (Å²) in [7, 11) is 0. The predicted octanol–water partition coefficient (Wildman–Crippen LogP) is 4.81. The van der Waals surface area contributed by atoms with Gasteiger partial charge >= 0.3 is 0 Å². The number of aromatic nitrogens is 5. The number of nitrogens with one attached hydrogen (secondary N) is 1. The van der Waals surface area contributed by atoms with Gasteiger partial charge in [-0.1, -0.05) is 12.1 Å². The molecule has 0 atom stereocenters. The highest BCUT2D eigenvalue weighted by atomic mass is 16.5. The number of fused-ring (bicyclic) bond motifs is 5. The van der Waals surface area contributed by atoms with E-state index in [-0.39, 0.29) is 11.9 Å². The number of carbonyl (C=O) groups is 1. The van der Waals surface area contributed by atoms with Crippen LogP contribution in [0.15, 0.2) is 61.2 Å². The molecule has 33 heavy (non-hydrogen) atoms. The first-order valence-electron chi connectivity index (χ1n) is 11.2. The Morgan fingerprint density at radius 1 is 1.12 bits per heavy atom. The molecule has 0 unspecified atom stereocenters. The summed E-state index contributed by atoms with van der Waals surface area (Å²) >= 11 is 0. The minimum atomic E-state index is -0.270. The highest BCUT2D eigenvalue weighted by molar-refractivity contribution is 6.06. The number of hydrogen-bond acceptors (Lipinski definition) is 5. The average molecular weight is 443 g/mol. The SMILES string of the molecule is CC(C)n1cc(-c2ccc3c(c2)C(=O)Nc2cccc(n2)-c2nccn2CCCCO3)cn1. The zero-order valence-electron chi connectivity index (χ0n) is 18.7. The van der Waals surface area contributed by atoms with Gasteiger partial charge in [-0.25, -0.2) is 9.97 Å². The Morgan fingerprint density at radius 3 is 2.88 bits per heavy atom. The molecule has 1 N–H and O–H groups in total. The first-order chi connectivity index (χ1) is 16.1. The van der Waals surface area contributed by atoms with E-state index >= 15 is 0 Å². The zero-order valence-corrected chi connectivity index (χ0v) is 18.7. The lowest BCUT2D eigenvalue weighted by molar-refractivity contribution is 0.102. The molecule has 0 saturated heterocycles. The quantitative estimate of drug-likeness (QED) is 0.481. The molecular weight excluding hydrogens is 416 g/mol. The third kappa shape index (κ3) is 4.37. The van der Waals surface area contributed by atoms with Crippen LogP contribution in [0.4, 0.5) is 5.82 Å². The number of benzene rings is 1. The molecule has 1 aliphatic rings. The number of carbonyl (C=O) groups excluding carboxylic acids is 1. The van der Waals surface area contributed by atoms with Crippen molar-refractivity contribution in [2.45, 2.75) is 39.3 Å². The van der Waals surface area contributed by atoms with Crippen molar-refractivity contribution in [3.8, 4) is 28.4 Å². The maximum atomic E-state index is 13.3. The van der Waals surface area contributed by atoms with Crippen LogP contribution in [0, 0.1) is 0 Å². The van der Waals surface area contributed by atoms with Gasteiger partial charge in [-0.05, 0) is 56.5 Å². The fraction of sp³-hybridized carbons (Fsp3) is 0.280. The number of nitrogens with zero attached hydrogens (tertiary/aromatic N) is 5. The van der Waals surface area contributed by atoms with Crippen molar-refractivity contribution >= 4 is 11.7 Å². The molecule has 5 rings (SSSR count). The molecule has 0 spiro atoms. The van der Waals surface area contributed by atoms with Crippen LogP contribution in [0.1, 0.15) is 43.1 Å². The summed E-state index contributed by atoms with van der Waals surface area (Å²) in [6.07, 6.45) is 9.31. The Bertz CT molecular complexity index is 1290. The van der Waals surface area contributed by atoms with Gasteiger partial charge in [-0.3, -0.25) is 9.48 Å². The highest BCUT2D eigenvalue weighted by Gasteiger charge is 2.18. The lowest BCUT2D eigenvalue weighted by Crippen LogP contribution is -2.16. The van der Waals surface area contributed by atoms with Crippen molar-refractivity contribution in [1.29, 1.82) is 0 Å². The van der Waals surface area contributed by atoms with Crippen LogP contribution >= 0.6 is 0 Å². The van der Waals surface area contributed by atoms with Gasteiger partial charge in [0.2, 0.25) is 0 Å². The van der Waals surface area contributed by atoms with Crippen LogP contribution in [0.5, 0.6) is 5.75 Å². The molecule has 0 radical (unpaired) electrons. The molecule has 1 amide bonds. The van der Waals surface area contributed by atoms with Gasteiger partial charge in [0, 0.05) is 36.7 Å². The summed E-state index contributed by atoms with van der Waals surface area (Å²) in [5.74, 6) is 1.54. The summed E-state index contributed by atoms with van der Waals surface area (Å²) in [5, 5.41) is 7.35. The maximum Gasteiger partial charge on any atom is 0.260 e. The summed E-state index contributed by atoms with van der Waals surface area (Å²) in [4.78, 5) is 22.4. The third-order valence-electron chi connectivity index (χ3n) is 5.67. The van der Waals surface area contributed by atoms with Crippen molar-refractivity contribution in [1.82, 2.24) is 24.3 Å². The molecule has 0 saturated carbocycles. The maximum absolute atomic E-state index is 13.3. The van der Waals surface area contributed by atoms with E-state index in [0.717, 1.165) is 42.0 Å². The van der Waals surface area contributed by atoms with Crippen LogP contribution in [0.2, 0.25) is 0 Å². The Hall–Kier alpha value is -3.94. The molecule has 0 aliphatic carbocycles. The topological polar surface area (TPSA) is 86.9 Å². The standard InChI is InChI=1S/C25H26N6O2/c1-17(2)31-16-19(15-27-31)18-8-9-22-20(14-18)25(32)29-23-7-5-6-21(28-23)24-26-10-12-30(24)11-3-4-13-33-22/h5-10,12,14-17H,3-4,11,13H2,1-2H3,(H,28,29,32). The van der Waals surface area contributed by atoms with Gasteiger partial charge < -0.3 is 14.6 Å². The lowest BCUT2D eigenvalue weighted by Gasteiger charge is -2.15. The summed E-state index contributed by atoms with van der Waals surface area (Å²) < 4.78 is 10.0. The highest BCUT2D eigenvalue weighted by Crippen LogP contribution is 2.29. The Balaban J connectivity index is 1.52. The number of aryl methyl sites for hydroxylation is 1. The Kier molecular flexibility index (Phi) is 5.64. The van der Waals surface area contributed by atoms with E-state index in [2.05, 4.69) is 38.8 Å². The number of rotatable bonds is 2. The van der Waals surface area contributed by atoms with E-state index in [1.807, 2.05) is 53.6 Å². The van der Waals surface area contributed by atoms with Crippen molar-refractivity contribution in [3.63, 3.8) is 0 Å². The molecule has 1 aliphatic heterocycles. The molecule has 2 bridgehead atoms. The van der Waals surface area contributed by atoms with E-state index < -0.39 is 0 Å². The van der Waals surface area contributed by atoms with E-state index in [9.17, 15) is 4.79 Å². The van der Waals surface area contributed by atoms with Crippen LogP contribution in [-0.4, -0.2) is 36.8 Å². The van der Waals surface area contributed by atoms with E-state index in [0.29, 0.717) is 23.7 Å². The number of ether oxygens (including phenoxy) is 1. The second kappa shape index (κ2) is 8.90. The second-order valence-electron chi connectivity index (χ2n) is 8.38. The molecule has 4 heterocycles. The Morgan fingerprint density at radius 2 is 2.03 bits per heavy atom. The fourth-order valence-corrected chi connectivity index (χ4v) is 3.88. The van der Waals surface area contributed by atoms with E-state index in [4.69, 9.17) is 4.74 Å². The number of amides is 1. The van der Waals surface area contributed by atoms with E-state index in [1.54, 1.807) is 12.3 Å². The molecular formula is C25H26N6O2. The van der Waals surface area contributed by atoms with Crippen molar-refractivity contribution in [2.75, 3.05) is 11.9 Å². The zero-order chi connectivity index (χ0) is 22.8.